The number of carbonyl (C=O) groups excluding carboxylic acids is 4. The van der Waals surface area contributed by atoms with Gasteiger partial charge in [0.15, 0.2) is 10.1 Å². The maximum atomic E-state index is 14.0. The van der Waals surface area contributed by atoms with Crippen molar-refractivity contribution in [3.63, 3.8) is 0 Å². The molecule has 2 aliphatic carbocycles. The van der Waals surface area contributed by atoms with Crippen LogP contribution in [0.3, 0.4) is 0 Å². The summed E-state index contributed by atoms with van der Waals surface area (Å²) < 4.78 is -2.18. The van der Waals surface area contributed by atoms with Gasteiger partial charge in [-0.1, -0.05) is 81.2 Å². The molecule has 3 aliphatic rings. The summed E-state index contributed by atoms with van der Waals surface area (Å²) in [6.45, 7) is 1.33. The summed E-state index contributed by atoms with van der Waals surface area (Å²) in [5.74, 6) is -6.69. The first kappa shape index (κ1) is 30.5. The summed E-state index contributed by atoms with van der Waals surface area (Å²) in [7, 11) is 0. The lowest BCUT2D eigenvalue weighted by molar-refractivity contribution is -0.157. The fourth-order valence-corrected chi connectivity index (χ4v) is 8.93. The van der Waals surface area contributed by atoms with Crippen LogP contribution < -0.4 is 0 Å². The van der Waals surface area contributed by atoms with Crippen LogP contribution in [0.15, 0.2) is 52.5 Å². The monoisotopic (exact) mass is 720 g/mol. The van der Waals surface area contributed by atoms with Gasteiger partial charge < -0.3 is 0 Å². The Balaban J connectivity index is 1.65. The van der Waals surface area contributed by atoms with Gasteiger partial charge >= 0.3 is 0 Å². The van der Waals surface area contributed by atoms with Gasteiger partial charge in [0.05, 0.1) is 32.5 Å². The second-order valence-electron chi connectivity index (χ2n) is 9.39. The van der Waals surface area contributed by atoms with E-state index in [1.807, 2.05) is 0 Å². The Kier molecular flexibility index (Phi) is 7.69. The van der Waals surface area contributed by atoms with E-state index in [-0.39, 0.29) is 31.2 Å². The van der Waals surface area contributed by atoms with Crippen LogP contribution in [-0.2, 0) is 9.59 Å². The number of alkyl halides is 4. The summed E-state index contributed by atoms with van der Waals surface area (Å²) in [4.78, 5) is 51.4. The standard InChI is InChI=1S/C25H13Cl9N2O4/c1-9(17(37)10-2-4-11(26)5-3-10)35(20(38)13-7-6-12(27)8-14(13)28)36-21(39)15-16(22(36)40)24(32)19(30)18(29)23(15,31)25(24,33)34/h2-9,15-16H,1H3/t9-,15-,16+,23-,24-/m1/s1. The molecule has 1 heterocycles. The van der Waals surface area contributed by atoms with Crippen molar-refractivity contribution in [2.45, 2.75) is 27.0 Å². The number of imide groups is 1. The number of hydrazine groups is 1. The van der Waals surface area contributed by atoms with Crippen LogP contribution in [0, 0.1) is 11.8 Å². The molecule has 1 saturated heterocycles. The van der Waals surface area contributed by atoms with Gasteiger partial charge in [0.1, 0.15) is 15.8 Å². The SMILES string of the molecule is C[C@H](C(=O)c1ccc(Cl)cc1)N(C(=O)c1ccc(Cl)cc1Cl)N1C(=O)[C@@H]2[C@H](C1=O)[C@@]1(Cl)C(Cl)=C(Cl)[C@@]2(Cl)C1(Cl)Cl. The lowest BCUT2D eigenvalue weighted by Crippen LogP contribution is -2.59. The molecule has 0 radical (unpaired) electrons. The predicted octanol–water partition coefficient (Wildman–Crippen LogP) is 7.72. The van der Waals surface area contributed by atoms with Crippen molar-refractivity contribution in [3.05, 3.63) is 78.7 Å². The Hall–Kier alpha value is -0.930. The third kappa shape index (κ3) is 3.84. The number of nitrogens with zero attached hydrogens (tertiary/aromatic N) is 2. The lowest BCUT2D eigenvalue weighted by Gasteiger charge is -2.38. The number of rotatable bonds is 5. The number of Topliss-reactive ketones (excluding diaryl/α,β-unsaturated/α-hetero) is 1. The van der Waals surface area contributed by atoms with E-state index in [4.69, 9.17) is 104 Å². The molecular formula is C25H13Cl9N2O4. The number of carbonyl (C=O) groups is 4. The van der Waals surface area contributed by atoms with Gasteiger partial charge in [-0.05, 0) is 49.4 Å². The summed E-state index contributed by atoms with van der Waals surface area (Å²) in [6.07, 6.45) is 0. The van der Waals surface area contributed by atoms with Crippen molar-refractivity contribution in [2.24, 2.45) is 11.8 Å². The van der Waals surface area contributed by atoms with E-state index in [0.717, 1.165) is 0 Å². The fourth-order valence-electron chi connectivity index (χ4n) is 5.39. The number of amides is 3. The van der Waals surface area contributed by atoms with Crippen molar-refractivity contribution < 1.29 is 19.2 Å². The van der Waals surface area contributed by atoms with Gasteiger partial charge in [-0.3, -0.25) is 19.2 Å². The van der Waals surface area contributed by atoms with Gasteiger partial charge in [0.2, 0.25) is 0 Å². The second-order valence-corrected chi connectivity index (χ2v) is 13.9. The van der Waals surface area contributed by atoms with E-state index in [1.165, 1.54) is 49.4 Å². The maximum absolute atomic E-state index is 14.0. The fraction of sp³-hybridized carbons (Fsp3) is 0.280. The lowest BCUT2D eigenvalue weighted by atomic mass is 9.84. The maximum Gasteiger partial charge on any atom is 0.275 e. The first-order chi connectivity index (χ1) is 18.5. The topological polar surface area (TPSA) is 74.8 Å². The third-order valence-corrected chi connectivity index (χ3v) is 12.4. The summed E-state index contributed by atoms with van der Waals surface area (Å²) in [5, 5.41) is 1.10. The zero-order valence-corrected chi connectivity index (χ0v) is 26.5. The van der Waals surface area contributed by atoms with E-state index in [2.05, 4.69) is 0 Å². The average Bonchev–Trinajstić information content (AvgIpc) is 3.27. The average molecular weight is 724 g/mol. The Morgan fingerprint density at radius 1 is 0.800 bits per heavy atom. The molecule has 6 nitrogen and oxygen atoms in total. The summed E-state index contributed by atoms with van der Waals surface area (Å²) >= 11 is 57.7. The normalized spacial score (nSPS) is 29.2. The highest BCUT2D eigenvalue weighted by Crippen LogP contribution is 2.77. The van der Waals surface area contributed by atoms with Crippen LogP contribution in [0.1, 0.15) is 27.6 Å². The molecule has 2 fully saturated rings. The van der Waals surface area contributed by atoms with E-state index in [0.29, 0.717) is 15.0 Å². The van der Waals surface area contributed by atoms with Gasteiger partial charge in [-0.15, -0.1) is 23.2 Å². The number of allylic oxidation sites excluding steroid dienone is 2. The molecule has 1 saturated carbocycles. The quantitative estimate of drug-likeness (QED) is 0.180. The molecule has 0 N–H and O–H groups in total. The first-order valence-corrected chi connectivity index (χ1v) is 14.7. The Morgan fingerprint density at radius 3 is 1.75 bits per heavy atom. The molecule has 0 unspecified atom stereocenters. The molecule has 5 rings (SSSR count). The molecule has 0 spiro atoms. The number of hydrogen-bond acceptors (Lipinski definition) is 4. The number of hydrogen-bond donors (Lipinski definition) is 0. The largest absolute Gasteiger partial charge is 0.292 e. The molecule has 3 amide bonds. The molecule has 210 valence electrons. The first-order valence-electron chi connectivity index (χ1n) is 11.3. The van der Waals surface area contributed by atoms with E-state index in [1.54, 1.807) is 0 Å². The highest BCUT2D eigenvalue weighted by molar-refractivity contribution is 6.67. The van der Waals surface area contributed by atoms with E-state index >= 15 is 0 Å². The van der Waals surface area contributed by atoms with Crippen molar-refractivity contribution in [3.8, 4) is 0 Å². The predicted molar refractivity (Wildman–Crippen MR) is 157 cm³/mol. The molecule has 1 aliphatic heterocycles. The molecule has 5 atom stereocenters. The minimum absolute atomic E-state index is 0.0936. The van der Waals surface area contributed by atoms with Crippen molar-refractivity contribution in [1.29, 1.82) is 0 Å². The van der Waals surface area contributed by atoms with Crippen LogP contribution >= 0.6 is 104 Å². The number of halogens is 9. The Labute approximate surface area is 272 Å². The number of fused-ring (bicyclic) bond motifs is 5. The summed E-state index contributed by atoms with van der Waals surface area (Å²) in [5.41, 5.74) is -0.00553. The smallest absolute Gasteiger partial charge is 0.275 e. The van der Waals surface area contributed by atoms with Gasteiger partial charge in [-0.2, -0.15) is 5.01 Å². The van der Waals surface area contributed by atoms with Crippen molar-refractivity contribution in [2.75, 3.05) is 0 Å². The third-order valence-electron chi connectivity index (χ3n) is 7.35. The van der Waals surface area contributed by atoms with Gasteiger partial charge in [0.25, 0.3) is 17.7 Å². The van der Waals surface area contributed by atoms with E-state index in [9.17, 15) is 19.2 Å². The highest BCUT2D eigenvalue weighted by atomic mass is 35.5. The molecule has 40 heavy (non-hydrogen) atoms. The van der Waals surface area contributed by atoms with Crippen LogP contribution in [0.4, 0.5) is 0 Å². The molecular weight excluding hydrogens is 711 g/mol. The number of benzene rings is 2. The molecule has 2 bridgehead atoms. The molecule has 2 aromatic carbocycles. The zero-order valence-electron chi connectivity index (χ0n) is 19.7. The zero-order chi connectivity index (χ0) is 29.7. The van der Waals surface area contributed by atoms with Crippen LogP contribution in [-0.4, -0.2) is 53.6 Å². The van der Waals surface area contributed by atoms with Gasteiger partial charge in [-0.25, -0.2) is 5.01 Å². The van der Waals surface area contributed by atoms with Crippen LogP contribution in [0.25, 0.3) is 0 Å². The van der Waals surface area contributed by atoms with Crippen LogP contribution in [0.5, 0.6) is 0 Å². The van der Waals surface area contributed by atoms with E-state index < -0.39 is 55.5 Å². The van der Waals surface area contributed by atoms with Crippen molar-refractivity contribution >= 4 is 128 Å². The molecule has 2 aromatic rings. The minimum Gasteiger partial charge on any atom is -0.292 e. The molecule has 0 aromatic heterocycles. The molecule has 15 heteroatoms. The Morgan fingerprint density at radius 2 is 1.27 bits per heavy atom. The summed E-state index contributed by atoms with van der Waals surface area (Å²) in [6, 6.07) is 8.35. The highest BCUT2D eigenvalue weighted by Gasteiger charge is 2.88. The van der Waals surface area contributed by atoms with Crippen LogP contribution in [0.2, 0.25) is 15.1 Å². The minimum atomic E-state index is -2.18. The van der Waals surface area contributed by atoms with Gasteiger partial charge in [0, 0.05) is 15.6 Å². The number of ketones is 1. The Bertz CT molecular complexity index is 1500. The van der Waals surface area contributed by atoms with Crippen molar-refractivity contribution in [1.82, 2.24) is 10.0 Å². The second kappa shape index (κ2) is 10.1.